The Hall–Kier alpha value is -2.97. The SMILES string of the molecule is CC(F)(c1ccc2c(c1)CCC1N(C(=O)C3(F)CCC(C(=O)O)CC3)CCC21Cc1ccccc1)C(F)(F)F. The van der Waals surface area contributed by atoms with Crippen LogP contribution in [0.5, 0.6) is 0 Å². The number of carbonyl (C=O) groups excluding carboxylic acids is 1. The molecule has 2 aliphatic carbocycles. The number of hydrogen-bond acceptors (Lipinski definition) is 2. The third-order valence-electron chi connectivity index (χ3n) is 9.35. The minimum atomic E-state index is -5.06. The number of benzene rings is 2. The maximum absolute atomic E-state index is 16.0. The molecule has 1 heterocycles. The van der Waals surface area contributed by atoms with Gasteiger partial charge in [-0.2, -0.15) is 13.2 Å². The maximum atomic E-state index is 16.0. The van der Waals surface area contributed by atoms with Crippen LogP contribution in [0, 0.1) is 5.92 Å². The second kappa shape index (κ2) is 9.59. The number of fused-ring (bicyclic) bond motifs is 3. The van der Waals surface area contributed by atoms with E-state index in [2.05, 4.69) is 0 Å². The fourth-order valence-electron chi connectivity index (χ4n) is 7.02. The molecule has 0 aromatic heterocycles. The molecule has 3 aliphatic rings. The highest BCUT2D eigenvalue weighted by atomic mass is 19.4. The van der Waals surface area contributed by atoms with E-state index in [1.165, 1.54) is 12.1 Å². The van der Waals surface area contributed by atoms with Gasteiger partial charge in [0.05, 0.1) is 5.92 Å². The number of nitrogens with zero attached hydrogens (tertiary/aromatic N) is 1. The summed E-state index contributed by atoms with van der Waals surface area (Å²) in [6, 6.07) is 13.2. The van der Waals surface area contributed by atoms with Gasteiger partial charge in [-0.25, -0.2) is 8.78 Å². The van der Waals surface area contributed by atoms with Crippen LogP contribution in [0.3, 0.4) is 0 Å². The molecule has 1 saturated carbocycles. The van der Waals surface area contributed by atoms with E-state index in [9.17, 15) is 32.3 Å². The van der Waals surface area contributed by atoms with Crippen molar-refractivity contribution >= 4 is 11.9 Å². The third kappa shape index (κ3) is 4.61. The number of aliphatic carboxylic acids is 1. The molecule has 1 N–H and O–H groups in total. The topological polar surface area (TPSA) is 57.6 Å². The van der Waals surface area contributed by atoms with Gasteiger partial charge in [0.1, 0.15) is 0 Å². The Balaban J connectivity index is 1.51. The Kier molecular flexibility index (Phi) is 6.79. The van der Waals surface area contributed by atoms with Gasteiger partial charge in [0.15, 0.2) is 5.67 Å². The number of aryl methyl sites for hydroxylation is 1. The number of halogens is 5. The molecule has 2 aromatic rings. The van der Waals surface area contributed by atoms with Crippen molar-refractivity contribution in [1.82, 2.24) is 4.90 Å². The van der Waals surface area contributed by atoms with E-state index in [0.29, 0.717) is 38.2 Å². The Bertz CT molecular complexity index is 1250. The molecule has 210 valence electrons. The first-order chi connectivity index (χ1) is 18.3. The van der Waals surface area contributed by atoms with Gasteiger partial charge in [-0.05, 0) is 80.5 Å². The van der Waals surface area contributed by atoms with Crippen LogP contribution in [-0.4, -0.2) is 46.3 Å². The fourth-order valence-corrected chi connectivity index (χ4v) is 7.02. The zero-order valence-electron chi connectivity index (χ0n) is 21.7. The lowest BCUT2D eigenvalue weighted by Crippen LogP contribution is -2.55. The van der Waals surface area contributed by atoms with E-state index in [0.717, 1.165) is 11.1 Å². The summed E-state index contributed by atoms with van der Waals surface area (Å²) in [5.41, 5.74) is -4.37. The molecule has 1 aliphatic heterocycles. The van der Waals surface area contributed by atoms with Crippen molar-refractivity contribution in [1.29, 1.82) is 0 Å². The lowest BCUT2D eigenvalue weighted by Gasteiger charge is -2.45. The highest BCUT2D eigenvalue weighted by molar-refractivity contribution is 5.86. The van der Waals surface area contributed by atoms with Gasteiger partial charge < -0.3 is 10.0 Å². The van der Waals surface area contributed by atoms with E-state index >= 15 is 4.39 Å². The summed E-state index contributed by atoms with van der Waals surface area (Å²) in [5, 5.41) is 9.29. The summed E-state index contributed by atoms with van der Waals surface area (Å²) < 4.78 is 71.3. The number of rotatable bonds is 5. The molecule has 1 amide bonds. The van der Waals surface area contributed by atoms with E-state index in [1.54, 1.807) is 11.0 Å². The van der Waals surface area contributed by atoms with Crippen molar-refractivity contribution in [3.63, 3.8) is 0 Å². The number of alkyl halides is 5. The molecule has 2 aromatic carbocycles. The van der Waals surface area contributed by atoms with Crippen LogP contribution in [0.25, 0.3) is 0 Å². The Morgan fingerprint density at radius 2 is 1.67 bits per heavy atom. The first-order valence-corrected chi connectivity index (χ1v) is 13.4. The largest absolute Gasteiger partial charge is 0.481 e. The lowest BCUT2D eigenvalue weighted by atomic mass is 9.63. The van der Waals surface area contributed by atoms with E-state index in [-0.39, 0.29) is 38.3 Å². The van der Waals surface area contributed by atoms with Gasteiger partial charge in [-0.1, -0.05) is 48.5 Å². The second-order valence-electron chi connectivity index (χ2n) is 11.6. The van der Waals surface area contributed by atoms with Crippen LogP contribution in [0.2, 0.25) is 0 Å². The molecule has 3 unspecified atom stereocenters. The van der Waals surface area contributed by atoms with Gasteiger partial charge in [0, 0.05) is 18.0 Å². The molecular weight excluding hydrogens is 517 g/mol. The molecule has 0 radical (unpaired) electrons. The summed E-state index contributed by atoms with van der Waals surface area (Å²) in [4.78, 5) is 26.6. The number of likely N-dealkylation sites (tertiary alicyclic amines) is 1. The first kappa shape index (κ1) is 27.6. The summed E-state index contributed by atoms with van der Waals surface area (Å²) >= 11 is 0. The number of amides is 1. The zero-order valence-corrected chi connectivity index (χ0v) is 21.7. The molecule has 0 spiro atoms. The van der Waals surface area contributed by atoms with Crippen LogP contribution < -0.4 is 0 Å². The minimum absolute atomic E-state index is 0.0953. The standard InChI is InChI=1S/C30H32F5NO3/c1-27(31,30(33,34)35)22-8-9-23-21(17-22)7-10-24-28(23,18-19-5-3-2-4-6-19)15-16-36(24)26(39)29(32)13-11-20(12-14-29)25(37)38/h2-6,8-9,17,20,24H,7,10-16,18H2,1H3,(H,37,38). The Morgan fingerprint density at radius 3 is 2.28 bits per heavy atom. The molecule has 5 rings (SSSR count). The van der Waals surface area contributed by atoms with Gasteiger partial charge >= 0.3 is 12.1 Å². The van der Waals surface area contributed by atoms with Crippen LogP contribution in [0.4, 0.5) is 22.0 Å². The molecule has 2 fully saturated rings. The van der Waals surface area contributed by atoms with E-state index in [1.807, 2.05) is 30.3 Å². The normalized spacial score (nSPS) is 30.3. The van der Waals surface area contributed by atoms with E-state index in [4.69, 9.17) is 0 Å². The predicted octanol–water partition coefficient (Wildman–Crippen LogP) is 6.44. The molecule has 1 saturated heterocycles. The molecule has 39 heavy (non-hydrogen) atoms. The number of carbonyl (C=O) groups is 2. The van der Waals surface area contributed by atoms with Gasteiger partial charge in [-0.15, -0.1) is 0 Å². The molecule has 9 heteroatoms. The van der Waals surface area contributed by atoms with Crippen LogP contribution in [0.15, 0.2) is 48.5 Å². The number of hydrogen-bond donors (Lipinski definition) is 1. The quantitative estimate of drug-likeness (QED) is 0.437. The second-order valence-corrected chi connectivity index (χ2v) is 11.6. The number of carboxylic acids is 1. The minimum Gasteiger partial charge on any atom is -0.481 e. The fraction of sp³-hybridized carbons (Fsp3) is 0.533. The highest BCUT2D eigenvalue weighted by Crippen LogP contribution is 2.52. The summed E-state index contributed by atoms with van der Waals surface area (Å²) in [6.45, 7) is 0.810. The van der Waals surface area contributed by atoms with Crippen LogP contribution in [0.1, 0.15) is 67.7 Å². The Labute approximate surface area is 224 Å². The highest BCUT2D eigenvalue weighted by Gasteiger charge is 2.57. The summed E-state index contributed by atoms with van der Waals surface area (Å²) in [7, 11) is 0. The van der Waals surface area contributed by atoms with Crippen LogP contribution >= 0.6 is 0 Å². The number of carboxylic acid groups (broad SMARTS) is 1. The van der Waals surface area contributed by atoms with Crippen molar-refractivity contribution in [2.24, 2.45) is 5.92 Å². The molecule has 4 nitrogen and oxygen atoms in total. The first-order valence-electron chi connectivity index (χ1n) is 13.4. The van der Waals surface area contributed by atoms with Crippen LogP contribution in [-0.2, 0) is 33.5 Å². The predicted molar refractivity (Wildman–Crippen MR) is 135 cm³/mol. The molecule has 0 bridgehead atoms. The average molecular weight is 550 g/mol. The molecule has 3 atom stereocenters. The van der Waals surface area contributed by atoms with E-state index < -0.39 is 46.3 Å². The summed E-state index contributed by atoms with van der Waals surface area (Å²) in [5.74, 6) is -2.27. The van der Waals surface area contributed by atoms with Crippen molar-refractivity contribution in [3.05, 3.63) is 70.8 Å². The van der Waals surface area contributed by atoms with Gasteiger partial charge in [0.25, 0.3) is 5.91 Å². The van der Waals surface area contributed by atoms with Gasteiger partial charge in [0.2, 0.25) is 5.67 Å². The zero-order chi connectivity index (χ0) is 28.2. The maximum Gasteiger partial charge on any atom is 0.426 e. The average Bonchev–Trinajstić information content (AvgIpc) is 3.27. The van der Waals surface area contributed by atoms with Crippen molar-refractivity contribution in [3.8, 4) is 0 Å². The summed E-state index contributed by atoms with van der Waals surface area (Å²) in [6.07, 6.45) is -3.43. The van der Waals surface area contributed by atoms with Gasteiger partial charge in [-0.3, -0.25) is 9.59 Å². The van der Waals surface area contributed by atoms with Crippen molar-refractivity contribution in [2.45, 2.75) is 87.3 Å². The Morgan fingerprint density at radius 1 is 1.00 bits per heavy atom. The lowest BCUT2D eigenvalue weighted by molar-refractivity contribution is -0.228. The van der Waals surface area contributed by atoms with Crippen molar-refractivity contribution < 1.29 is 36.6 Å². The smallest absolute Gasteiger partial charge is 0.426 e. The molecular formula is C30H32F5NO3. The van der Waals surface area contributed by atoms with Crippen molar-refractivity contribution in [2.75, 3.05) is 6.54 Å². The monoisotopic (exact) mass is 549 g/mol. The third-order valence-corrected chi connectivity index (χ3v) is 9.35.